The Hall–Kier alpha value is -0.0800. The molecule has 0 aliphatic rings. The van der Waals surface area contributed by atoms with Crippen molar-refractivity contribution < 1.29 is 4.65 Å². The van der Waals surface area contributed by atoms with E-state index in [0.717, 1.165) is 12.8 Å². The normalized spacial score (nSPS) is 13.3. The molecule has 0 aliphatic heterocycles. The molecule has 1 atom stereocenters. The van der Waals surface area contributed by atoms with E-state index in [0.29, 0.717) is 6.04 Å². The lowest BCUT2D eigenvalue weighted by molar-refractivity contribution is -0.867. The van der Waals surface area contributed by atoms with Crippen LogP contribution >= 0.6 is 0 Å². The van der Waals surface area contributed by atoms with E-state index in [-0.39, 0.29) is 4.65 Å². The lowest BCUT2D eigenvalue weighted by atomic mass is 9.98. The van der Waals surface area contributed by atoms with Crippen molar-refractivity contribution in [1.82, 2.24) is 0 Å². The molecule has 0 radical (unpaired) electrons. The molecule has 158 valence electrons. The lowest BCUT2D eigenvalue weighted by Crippen LogP contribution is -2.43. The first-order chi connectivity index (χ1) is 12.5. The largest absolute Gasteiger partial charge is 0.633 e. The van der Waals surface area contributed by atoms with Crippen LogP contribution in [-0.4, -0.2) is 24.8 Å². The molecule has 0 spiro atoms. The summed E-state index contributed by atoms with van der Waals surface area (Å²) in [6, 6.07) is 0.319. The molecule has 0 aliphatic carbocycles. The maximum absolute atomic E-state index is 12.4. The van der Waals surface area contributed by atoms with Gasteiger partial charge in [-0.25, -0.2) is 0 Å². The number of hydrogen-bond donors (Lipinski definition) is 0. The van der Waals surface area contributed by atoms with Crippen molar-refractivity contribution in [1.29, 1.82) is 0 Å². The van der Waals surface area contributed by atoms with E-state index in [4.69, 9.17) is 0 Å². The summed E-state index contributed by atoms with van der Waals surface area (Å²) in [7, 11) is 3.70. The van der Waals surface area contributed by atoms with Crippen LogP contribution in [0.25, 0.3) is 0 Å². The quantitative estimate of drug-likeness (QED) is 0.120. The van der Waals surface area contributed by atoms with Crippen LogP contribution in [0.3, 0.4) is 0 Å². The standard InChI is InChI=1S/C24H51NO/c1-5-7-9-11-13-14-15-17-19-21-23-24(25(3,4)26)22-20-18-16-12-10-8-6-2/h24H,5-23H2,1-4H3. The van der Waals surface area contributed by atoms with Crippen LogP contribution in [0.5, 0.6) is 0 Å². The first-order valence-corrected chi connectivity index (χ1v) is 12.1. The topological polar surface area (TPSA) is 23.1 Å². The summed E-state index contributed by atoms with van der Waals surface area (Å²) in [5.74, 6) is 0. The third kappa shape index (κ3) is 17.3. The Morgan fingerprint density at radius 1 is 0.500 bits per heavy atom. The fourth-order valence-electron chi connectivity index (χ4n) is 3.97. The van der Waals surface area contributed by atoms with Crippen molar-refractivity contribution in [2.45, 2.75) is 142 Å². The van der Waals surface area contributed by atoms with Gasteiger partial charge < -0.3 is 9.85 Å². The van der Waals surface area contributed by atoms with E-state index in [1.54, 1.807) is 0 Å². The highest BCUT2D eigenvalue weighted by atomic mass is 16.5. The van der Waals surface area contributed by atoms with Crippen molar-refractivity contribution in [3.8, 4) is 0 Å². The Kier molecular flexibility index (Phi) is 18.2. The van der Waals surface area contributed by atoms with Gasteiger partial charge in [0.25, 0.3) is 0 Å². The molecule has 0 aromatic carbocycles. The van der Waals surface area contributed by atoms with Crippen molar-refractivity contribution in [3.63, 3.8) is 0 Å². The highest BCUT2D eigenvalue weighted by Gasteiger charge is 2.19. The third-order valence-corrected chi connectivity index (χ3v) is 5.91. The molecule has 0 saturated heterocycles. The number of hydroxylamine groups is 3. The second-order valence-electron chi connectivity index (χ2n) is 8.97. The molecule has 0 rings (SSSR count). The number of rotatable bonds is 20. The van der Waals surface area contributed by atoms with Crippen molar-refractivity contribution in [2.24, 2.45) is 0 Å². The number of quaternary nitrogens is 1. The molecular formula is C24H51NO. The maximum atomic E-state index is 12.4. The number of unbranched alkanes of at least 4 members (excludes halogenated alkanes) is 15. The summed E-state index contributed by atoms with van der Waals surface area (Å²) in [6.45, 7) is 4.55. The molecule has 0 bridgehead atoms. The molecule has 2 heteroatoms. The van der Waals surface area contributed by atoms with Crippen molar-refractivity contribution >= 4 is 0 Å². The molecule has 0 N–H and O–H groups in total. The van der Waals surface area contributed by atoms with Crippen LogP contribution < -0.4 is 0 Å². The third-order valence-electron chi connectivity index (χ3n) is 5.91. The van der Waals surface area contributed by atoms with Crippen molar-refractivity contribution in [3.05, 3.63) is 5.21 Å². The van der Waals surface area contributed by atoms with Gasteiger partial charge in [0.15, 0.2) is 0 Å². The Morgan fingerprint density at radius 2 is 0.769 bits per heavy atom. The highest BCUT2D eigenvalue weighted by molar-refractivity contribution is 4.61. The van der Waals surface area contributed by atoms with Crippen molar-refractivity contribution in [2.75, 3.05) is 14.1 Å². The van der Waals surface area contributed by atoms with Crippen LogP contribution in [0.2, 0.25) is 0 Å². The zero-order valence-electron chi connectivity index (χ0n) is 18.9. The van der Waals surface area contributed by atoms with Gasteiger partial charge in [-0.1, -0.05) is 110 Å². The first-order valence-electron chi connectivity index (χ1n) is 12.1. The van der Waals surface area contributed by atoms with Crippen LogP contribution in [0.1, 0.15) is 136 Å². The van der Waals surface area contributed by atoms with E-state index < -0.39 is 0 Å². The lowest BCUT2D eigenvalue weighted by Gasteiger charge is -2.42. The van der Waals surface area contributed by atoms with Gasteiger partial charge in [0.05, 0.1) is 20.1 Å². The molecule has 0 amide bonds. The van der Waals surface area contributed by atoms with E-state index in [2.05, 4.69) is 13.8 Å². The molecule has 1 unspecified atom stereocenters. The van der Waals surface area contributed by atoms with Gasteiger partial charge in [-0.15, -0.1) is 0 Å². The highest BCUT2D eigenvalue weighted by Crippen LogP contribution is 2.21. The van der Waals surface area contributed by atoms with Gasteiger partial charge in [-0.05, 0) is 25.7 Å². The van der Waals surface area contributed by atoms with Gasteiger partial charge in [0.2, 0.25) is 0 Å². The minimum atomic E-state index is -0.0900. The van der Waals surface area contributed by atoms with E-state index in [1.807, 2.05) is 14.1 Å². The van der Waals surface area contributed by atoms with Gasteiger partial charge >= 0.3 is 0 Å². The van der Waals surface area contributed by atoms with E-state index >= 15 is 0 Å². The summed E-state index contributed by atoms with van der Waals surface area (Å²) in [5.41, 5.74) is 0. The Morgan fingerprint density at radius 3 is 1.04 bits per heavy atom. The molecule has 2 nitrogen and oxygen atoms in total. The van der Waals surface area contributed by atoms with E-state index in [9.17, 15) is 5.21 Å². The zero-order chi connectivity index (χ0) is 19.5. The molecule has 26 heavy (non-hydrogen) atoms. The second kappa shape index (κ2) is 18.3. The molecule has 0 aromatic heterocycles. The molecule has 0 fully saturated rings. The number of nitrogens with zero attached hydrogens (tertiary/aromatic N) is 1. The SMILES string of the molecule is CCCCCCCCCCCCC(CCCCCCCCC)[N+](C)(C)[O-]. The van der Waals surface area contributed by atoms with Gasteiger partial charge in [-0.3, -0.25) is 0 Å². The molecule has 0 heterocycles. The second-order valence-corrected chi connectivity index (χ2v) is 8.97. The maximum Gasteiger partial charge on any atom is 0.0883 e. The van der Waals surface area contributed by atoms with Gasteiger partial charge in [0, 0.05) is 0 Å². The predicted octanol–water partition coefficient (Wildman–Crippen LogP) is 8.38. The van der Waals surface area contributed by atoms with Gasteiger partial charge in [-0.2, -0.15) is 0 Å². The van der Waals surface area contributed by atoms with E-state index in [1.165, 1.54) is 109 Å². The molecule has 0 aromatic rings. The van der Waals surface area contributed by atoms with Crippen LogP contribution in [0.4, 0.5) is 0 Å². The first kappa shape index (κ1) is 25.9. The predicted molar refractivity (Wildman–Crippen MR) is 118 cm³/mol. The fraction of sp³-hybridized carbons (Fsp3) is 1.00. The van der Waals surface area contributed by atoms with Crippen LogP contribution in [0, 0.1) is 5.21 Å². The summed E-state index contributed by atoms with van der Waals surface area (Å²) in [4.78, 5) is 0. The summed E-state index contributed by atoms with van der Waals surface area (Å²) >= 11 is 0. The zero-order valence-corrected chi connectivity index (χ0v) is 18.9. The number of hydrogen-bond acceptors (Lipinski definition) is 1. The summed E-state index contributed by atoms with van der Waals surface area (Å²) in [6.07, 6.45) is 25.4. The Labute approximate surface area is 166 Å². The average Bonchev–Trinajstić information content (AvgIpc) is 2.59. The minimum absolute atomic E-state index is 0.0900. The van der Waals surface area contributed by atoms with Crippen LogP contribution in [0.15, 0.2) is 0 Å². The minimum Gasteiger partial charge on any atom is -0.633 e. The Bertz CT molecular complexity index is 272. The molecular weight excluding hydrogens is 318 g/mol. The Balaban J connectivity index is 3.63. The van der Waals surface area contributed by atoms with Gasteiger partial charge in [0.1, 0.15) is 0 Å². The molecule has 0 saturated carbocycles. The monoisotopic (exact) mass is 369 g/mol. The summed E-state index contributed by atoms with van der Waals surface area (Å²) < 4.78 is -0.0900. The average molecular weight is 370 g/mol. The fourth-order valence-corrected chi connectivity index (χ4v) is 3.97. The van der Waals surface area contributed by atoms with Crippen LogP contribution in [-0.2, 0) is 0 Å². The summed E-state index contributed by atoms with van der Waals surface area (Å²) in [5, 5.41) is 12.4. The smallest absolute Gasteiger partial charge is 0.0883 e.